The average Bonchev–Trinajstić information content (AvgIpc) is 3.26. The van der Waals surface area contributed by atoms with Gasteiger partial charge in [-0.15, -0.1) is 0 Å². The Bertz CT molecular complexity index is 1150. The normalized spacial score (nSPS) is 15.8. The van der Waals surface area contributed by atoms with E-state index in [0.717, 1.165) is 59.9 Å². The molecule has 4 aromatic rings. The molecule has 1 saturated heterocycles. The molecular formula is C20H21FN6. The lowest BCUT2D eigenvalue weighted by molar-refractivity contribution is 0.454. The Hall–Kier alpha value is -2.80. The molecule has 0 atom stereocenters. The number of nitrogens with zero attached hydrogens (tertiary/aromatic N) is 5. The lowest BCUT2D eigenvalue weighted by atomic mass is 9.95. The van der Waals surface area contributed by atoms with Crippen LogP contribution >= 0.6 is 0 Å². The van der Waals surface area contributed by atoms with Gasteiger partial charge in [-0.3, -0.25) is 0 Å². The molecule has 27 heavy (non-hydrogen) atoms. The van der Waals surface area contributed by atoms with E-state index in [1.165, 1.54) is 6.07 Å². The summed E-state index contributed by atoms with van der Waals surface area (Å²) < 4.78 is 18.5. The van der Waals surface area contributed by atoms with Crippen LogP contribution in [-0.2, 0) is 0 Å². The molecule has 0 bridgehead atoms. The van der Waals surface area contributed by atoms with Gasteiger partial charge in [-0.2, -0.15) is 0 Å². The topological polar surface area (TPSA) is 59.5 Å². The molecule has 0 spiro atoms. The summed E-state index contributed by atoms with van der Waals surface area (Å²) >= 11 is 0. The first-order valence-electron chi connectivity index (χ1n) is 9.30. The maximum atomic E-state index is 14.8. The zero-order valence-electron chi connectivity index (χ0n) is 15.4. The Labute approximate surface area is 156 Å². The highest BCUT2D eigenvalue weighted by Gasteiger charge is 2.20. The van der Waals surface area contributed by atoms with Crippen LogP contribution in [-0.4, -0.2) is 36.8 Å². The number of hydrogen-bond acceptors (Lipinski definition) is 4. The van der Waals surface area contributed by atoms with Crippen molar-refractivity contribution in [2.75, 3.05) is 13.1 Å². The number of hydrogen-bond donors (Lipinski definition) is 1. The SMILES string of the molecule is Cc1cn2cc(-c3cc(F)c4nc(C5CCNCC5)cn4c3)nc(C)c2n1. The van der Waals surface area contributed by atoms with Gasteiger partial charge >= 0.3 is 0 Å². The first-order valence-corrected chi connectivity index (χ1v) is 9.30. The zero-order chi connectivity index (χ0) is 18.5. The van der Waals surface area contributed by atoms with Crippen LogP contribution in [0.3, 0.4) is 0 Å². The molecule has 0 radical (unpaired) electrons. The quantitative estimate of drug-likeness (QED) is 0.593. The fraction of sp³-hybridized carbons (Fsp3) is 0.350. The molecule has 0 amide bonds. The van der Waals surface area contributed by atoms with E-state index in [1.54, 1.807) is 4.40 Å². The molecule has 1 aliphatic heterocycles. The van der Waals surface area contributed by atoms with Gasteiger partial charge in [0.1, 0.15) is 0 Å². The predicted octanol–water partition coefficient (Wildman–Crippen LogP) is 3.27. The summed E-state index contributed by atoms with van der Waals surface area (Å²) in [5.41, 5.74) is 5.37. The van der Waals surface area contributed by atoms with Gasteiger partial charge in [-0.1, -0.05) is 0 Å². The second-order valence-corrected chi connectivity index (χ2v) is 7.32. The molecule has 1 fully saturated rings. The second kappa shape index (κ2) is 6.13. The molecule has 6 nitrogen and oxygen atoms in total. The van der Waals surface area contributed by atoms with Crippen molar-refractivity contribution in [1.82, 2.24) is 29.1 Å². The molecule has 0 unspecified atom stereocenters. The van der Waals surface area contributed by atoms with Gasteiger partial charge < -0.3 is 14.1 Å². The first-order chi connectivity index (χ1) is 13.1. The number of rotatable bonds is 2. The molecule has 4 aromatic heterocycles. The lowest BCUT2D eigenvalue weighted by Crippen LogP contribution is -2.26. The van der Waals surface area contributed by atoms with Crippen LogP contribution < -0.4 is 5.32 Å². The molecule has 1 aliphatic rings. The second-order valence-electron chi connectivity index (χ2n) is 7.32. The third-order valence-electron chi connectivity index (χ3n) is 5.30. The fourth-order valence-electron chi connectivity index (χ4n) is 3.94. The van der Waals surface area contributed by atoms with Gasteiger partial charge in [0.25, 0.3) is 0 Å². The summed E-state index contributed by atoms with van der Waals surface area (Å²) in [6.07, 6.45) is 9.80. The van der Waals surface area contributed by atoms with E-state index >= 15 is 0 Å². The Morgan fingerprint density at radius 2 is 1.74 bits per heavy atom. The highest BCUT2D eigenvalue weighted by atomic mass is 19.1. The van der Waals surface area contributed by atoms with Crippen LogP contribution in [0, 0.1) is 19.7 Å². The monoisotopic (exact) mass is 364 g/mol. The van der Waals surface area contributed by atoms with E-state index in [4.69, 9.17) is 0 Å². The van der Waals surface area contributed by atoms with Crippen molar-refractivity contribution in [1.29, 1.82) is 0 Å². The summed E-state index contributed by atoms with van der Waals surface area (Å²) in [6, 6.07) is 1.52. The number of aromatic nitrogens is 5. The molecule has 5 heterocycles. The highest BCUT2D eigenvalue weighted by molar-refractivity contribution is 5.63. The van der Waals surface area contributed by atoms with Crippen LogP contribution in [0.5, 0.6) is 0 Å². The smallest absolute Gasteiger partial charge is 0.173 e. The van der Waals surface area contributed by atoms with Crippen LogP contribution in [0.1, 0.15) is 35.8 Å². The van der Waals surface area contributed by atoms with E-state index in [1.807, 2.05) is 43.0 Å². The van der Waals surface area contributed by atoms with Crippen molar-refractivity contribution in [2.24, 2.45) is 0 Å². The third kappa shape index (κ3) is 2.78. The van der Waals surface area contributed by atoms with Crippen molar-refractivity contribution in [2.45, 2.75) is 32.6 Å². The minimum Gasteiger partial charge on any atom is -0.317 e. The predicted molar refractivity (Wildman–Crippen MR) is 101 cm³/mol. The first kappa shape index (κ1) is 16.4. The minimum atomic E-state index is -0.325. The van der Waals surface area contributed by atoms with Crippen LogP contribution in [0.15, 0.2) is 30.9 Å². The Morgan fingerprint density at radius 3 is 2.56 bits per heavy atom. The average molecular weight is 364 g/mol. The maximum absolute atomic E-state index is 14.8. The van der Waals surface area contributed by atoms with Gasteiger partial charge in [-0.05, 0) is 45.8 Å². The van der Waals surface area contributed by atoms with E-state index in [9.17, 15) is 4.39 Å². The number of nitrogens with one attached hydrogen (secondary N) is 1. The molecule has 138 valence electrons. The maximum Gasteiger partial charge on any atom is 0.173 e. The van der Waals surface area contributed by atoms with Crippen molar-refractivity contribution in [3.63, 3.8) is 0 Å². The Kier molecular flexibility index (Phi) is 3.72. The number of halogens is 1. The van der Waals surface area contributed by atoms with E-state index in [-0.39, 0.29) is 5.82 Å². The molecule has 0 saturated carbocycles. The van der Waals surface area contributed by atoms with Crippen molar-refractivity contribution in [3.05, 3.63) is 53.8 Å². The standard InChI is InChI=1S/C20H21FN6/c1-12-8-26-11-18(24-13(2)19(26)23-12)15-7-16(21)20-25-17(10-27(20)9-15)14-3-5-22-6-4-14/h7-11,14,22H,3-6H2,1-2H3. The van der Waals surface area contributed by atoms with Crippen LogP contribution in [0.2, 0.25) is 0 Å². The molecular weight excluding hydrogens is 343 g/mol. The minimum absolute atomic E-state index is 0.325. The third-order valence-corrected chi connectivity index (χ3v) is 5.30. The molecule has 0 aromatic carbocycles. The fourth-order valence-corrected chi connectivity index (χ4v) is 3.94. The summed E-state index contributed by atoms with van der Waals surface area (Å²) in [6.45, 7) is 5.85. The van der Waals surface area contributed by atoms with Gasteiger partial charge in [0.2, 0.25) is 0 Å². The number of fused-ring (bicyclic) bond motifs is 2. The summed E-state index contributed by atoms with van der Waals surface area (Å²) in [7, 11) is 0. The largest absolute Gasteiger partial charge is 0.317 e. The van der Waals surface area contributed by atoms with Crippen molar-refractivity contribution in [3.8, 4) is 11.3 Å². The van der Waals surface area contributed by atoms with Crippen molar-refractivity contribution >= 4 is 11.3 Å². The van der Waals surface area contributed by atoms with E-state index in [2.05, 4.69) is 20.3 Å². The summed E-state index contributed by atoms with van der Waals surface area (Å²) in [4.78, 5) is 13.7. The number of pyridine rings is 1. The van der Waals surface area contributed by atoms with Gasteiger partial charge in [0, 0.05) is 36.3 Å². The van der Waals surface area contributed by atoms with Crippen molar-refractivity contribution < 1.29 is 4.39 Å². The lowest BCUT2D eigenvalue weighted by Gasteiger charge is -2.20. The number of piperidine rings is 1. The summed E-state index contributed by atoms with van der Waals surface area (Å²) in [5, 5.41) is 3.36. The summed E-state index contributed by atoms with van der Waals surface area (Å²) in [5.74, 6) is 0.0636. The van der Waals surface area contributed by atoms with Crippen LogP contribution in [0.25, 0.3) is 22.6 Å². The molecule has 5 rings (SSSR count). The highest BCUT2D eigenvalue weighted by Crippen LogP contribution is 2.27. The molecule has 7 heteroatoms. The van der Waals surface area contributed by atoms with Crippen LogP contribution in [0.4, 0.5) is 4.39 Å². The molecule has 0 aliphatic carbocycles. The van der Waals surface area contributed by atoms with E-state index < -0.39 is 0 Å². The Morgan fingerprint density at radius 1 is 0.963 bits per heavy atom. The molecule has 1 N–H and O–H groups in total. The number of aryl methyl sites for hydroxylation is 2. The van der Waals surface area contributed by atoms with E-state index in [0.29, 0.717) is 11.6 Å². The zero-order valence-corrected chi connectivity index (χ0v) is 15.4. The van der Waals surface area contributed by atoms with Gasteiger partial charge in [0.15, 0.2) is 17.1 Å². The van der Waals surface area contributed by atoms with Gasteiger partial charge in [-0.25, -0.2) is 19.3 Å². The van der Waals surface area contributed by atoms with Gasteiger partial charge in [0.05, 0.1) is 22.8 Å². The number of imidazole rings is 2. The Balaban J connectivity index is 1.61.